The Morgan fingerprint density at radius 1 is 1.33 bits per heavy atom. The molecule has 1 N–H and O–H groups in total. The van der Waals surface area contributed by atoms with Crippen molar-refractivity contribution in [3.05, 3.63) is 0 Å². The third kappa shape index (κ3) is 3.04. The molecule has 2 rings (SSSR count). The zero-order valence-electron chi connectivity index (χ0n) is 11.5. The minimum Gasteiger partial charge on any atom is -0.481 e. The van der Waals surface area contributed by atoms with Gasteiger partial charge in [-0.3, -0.25) is 9.69 Å². The van der Waals surface area contributed by atoms with Crippen LogP contribution in [-0.4, -0.2) is 48.3 Å². The molecule has 1 saturated heterocycles. The lowest BCUT2D eigenvalue weighted by Gasteiger charge is -2.43. The summed E-state index contributed by atoms with van der Waals surface area (Å²) in [6.45, 7) is 4.17. The smallest absolute Gasteiger partial charge is 0.308 e. The van der Waals surface area contributed by atoms with Crippen LogP contribution in [0.15, 0.2) is 0 Å². The Labute approximate surface area is 109 Å². The predicted molar refractivity (Wildman–Crippen MR) is 69.5 cm³/mol. The van der Waals surface area contributed by atoms with Gasteiger partial charge in [-0.1, -0.05) is 6.92 Å². The Hall–Kier alpha value is -0.610. The zero-order valence-corrected chi connectivity index (χ0v) is 11.5. The second-order valence-electron chi connectivity index (χ2n) is 5.93. The molecule has 2 aliphatic rings. The Morgan fingerprint density at radius 3 is 2.78 bits per heavy atom. The van der Waals surface area contributed by atoms with Crippen molar-refractivity contribution >= 4 is 5.97 Å². The number of carboxylic acids is 1. The molecule has 4 heteroatoms. The number of hydrogen-bond donors (Lipinski definition) is 1. The van der Waals surface area contributed by atoms with Gasteiger partial charge < -0.3 is 9.84 Å². The summed E-state index contributed by atoms with van der Waals surface area (Å²) in [5.74, 6) is -0.156. The third-order valence-corrected chi connectivity index (χ3v) is 4.61. The second-order valence-corrected chi connectivity index (χ2v) is 5.93. The third-order valence-electron chi connectivity index (χ3n) is 4.61. The molecule has 104 valence electrons. The van der Waals surface area contributed by atoms with Crippen LogP contribution in [-0.2, 0) is 9.53 Å². The Kier molecular flexibility index (Phi) is 4.62. The number of carbonyl (C=O) groups is 1. The lowest BCUT2D eigenvalue weighted by molar-refractivity contribution is -0.147. The van der Waals surface area contributed by atoms with Gasteiger partial charge in [-0.25, -0.2) is 0 Å². The Bertz CT molecular complexity index is 295. The molecule has 18 heavy (non-hydrogen) atoms. The summed E-state index contributed by atoms with van der Waals surface area (Å²) < 4.78 is 5.45. The van der Waals surface area contributed by atoms with Crippen LogP contribution >= 0.6 is 0 Å². The molecule has 1 heterocycles. The van der Waals surface area contributed by atoms with Crippen LogP contribution in [0.5, 0.6) is 0 Å². The molecule has 0 aromatic rings. The summed E-state index contributed by atoms with van der Waals surface area (Å²) in [6, 6.07) is 0.212. The monoisotopic (exact) mass is 255 g/mol. The quantitative estimate of drug-likeness (QED) is 0.838. The first-order chi connectivity index (χ1) is 8.61. The van der Waals surface area contributed by atoms with Gasteiger partial charge in [-0.15, -0.1) is 0 Å². The molecule has 0 spiro atoms. The van der Waals surface area contributed by atoms with Crippen LogP contribution < -0.4 is 0 Å². The SMILES string of the molecule is COC1CCCN(C2CC(C)CCC2C(=O)O)C1. The molecule has 2 fully saturated rings. The molecule has 4 atom stereocenters. The van der Waals surface area contributed by atoms with Crippen molar-refractivity contribution in [2.24, 2.45) is 11.8 Å². The number of methoxy groups -OCH3 is 1. The summed E-state index contributed by atoms with van der Waals surface area (Å²) in [5, 5.41) is 9.39. The van der Waals surface area contributed by atoms with E-state index in [0.717, 1.165) is 45.2 Å². The molecule has 4 unspecified atom stereocenters. The minimum atomic E-state index is -0.619. The van der Waals surface area contributed by atoms with E-state index >= 15 is 0 Å². The number of rotatable bonds is 3. The minimum absolute atomic E-state index is 0.184. The molecule has 0 radical (unpaired) electrons. The van der Waals surface area contributed by atoms with E-state index in [-0.39, 0.29) is 18.1 Å². The lowest BCUT2D eigenvalue weighted by Crippen LogP contribution is -2.52. The van der Waals surface area contributed by atoms with Crippen molar-refractivity contribution in [2.75, 3.05) is 20.2 Å². The summed E-state index contributed by atoms with van der Waals surface area (Å²) in [4.78, 5) is 13.8. The van der Waals surface area contributed by atoms with Crippen molar-refractivity contribution < 1.29 is 14.6 Å². The molecular weight excluding hydrogens is 230 g/mol. The van der Waals surface area contributed by atoms with Gasteiger partial charge in [0.05, 0.1) is 12.0 Å². The fourth-order valence-corrected chi connectivity index (χ4v) is 3.50. The highest BCUT2D eigenvalue weighted by Gasteiger charge is 2.38. The number of aliphatic carboxylic acids is 1. The van der Waals surface area contributed by atoms with E-state index in [0.29, 0.717) is 5.92 Å². The van der Waals surface area contributed by atoms with E-state index in [2.05, 4.69) is 11.8 Å². The van der Waals surface area contributed by atoms with E-state index in [4.69, 9.17) is 4.74 Å². The molecule has 1 aliphatic carbocycles. The fourth-order valence-electron chi connectivity index (χ4n) is 3.50. The lowest BCUT2D eigenvalue weighted by atomic mass is 9.77. The van der Waals surface area contributed by atoms with E-state index in [1.165, 1.54) is 0 Å². The molecule has 1 aliphatic heterocycles. The Morgan fingerprint density at radius 2 is 2.11 bits per heavy atom. The van der Waals surface area contributed by atoms with Crippen molar-refractivity contribution in [1.29, 1.82) is 0 Å². The normalized spacial score (nSPS) is 38.6. The molecule has 0 amide bonds. The zero-order chi connectivity index (χ0) is 13.1. The average molecular weight is 255 g/mol. The fraction of sp³-hybridized carbons (Fsp3) is 0.929. The van der Waals surface area contributed by atoms with Gasteiger partial charge in [0.15, 0.2) is 0 Å². The topological polar surface area (TPSA) is 49.8 Å². The van der Waals surface area contributed by atoms with Crippen molar-refractivity contribution in [1.82, 2.24) is 4.90 Å². The van der Waals surface area contributed by atoms with Crippen LogP contribution in [0, 0.1) is 11.8 Å². The van der Waals surface area contributed by atoms with Crippen LogP contribution in [0.2, 0.25) is 0 Å². The number of hydrogen-bond acceptors (Lipinski definition) is 3. The van der Waals surface area contributed by atoms with Gasteiger partial charge in [0, 0.05) is 19.7 Å². The van der Waals surface area contributed by atoms with Crippen LogP contribution in [0.4, 0.5) is 0 Å². The van der Waals surface area contributed by atoms with E-state index in [1.54, 1.807) is 7.11 Å². The standard InChI is InChI=1S/C14H25NO3/c1-10-5-6-12(14(16)17)13(8-10)15-7-3-4-11(9-15)18-2/h10-13H,3-9H2,1-2H3,(H,16,17). The maximum Gasteiger partial charge on any atom is 0.308 e. The predicted octanol–water partition coefficient (Wildman–Crippen LogP) is 1.99. The molecule has 0 aromatic heterocycles. The van der Waals surface area contributed by atoms with E-state index < -0.39 is 5.97 Å². The van der Waals surface area contributed by atoms with Crippen LogP contribution in [0.3, 0.4) is 0 Å². The Balaban J connectivity index is 2.04. The van der Waals surface area contributed by atoms with Crippen molar-refractivity contribution in [3.8, 4) is 0 Å². The number of carboxylic acid groups (broad SMARTS) is 1. The largest absolute Gasteiger partial charge is 0.481 e. The van der Waals surface area contributed by atoms with Gasteiger partial charge in [0.2, 0.25) is 0 Å². The highest BCUT2D eigenvalue weighted by atomic mass is 16.5. The summed E-state index contributed by atoms with van der Waals surface area (Å²) in [7, 11) is 1.76. The second kappa shape index (κ2) is 6.02. The summed E-state index contributed by atoms with van der Waals surface area (Å²) >= 11 is 0. The maximum atomic E-state index is 11.4. The van der Waals surface area contributed by atoms with Gasteiger partial charge >= 0.3 is 5.97 Å². The van der Waals surface area contributed by atoms with Crippen LogP contribution in [0.25, 0.3) is 0 Å². The maximum absolute atomic E-state index is 11.4. The van der Waals surface area contributed by atoms with Gasteiger partial charge in [-0.05, 0) is 44.6 Å². The van der Waals surface area contributed by atoms with Crippen LogP contribution in [0.1, 0.15) is 39.0 Å². The van der Waals surface area contributed by atoms with Crippen molar-refractivity contribution in [3.63, 3.8) is 0 Å². The first-order valence-electron chi connectivity index (χ1n) is 7.11. The number of nitrogens with zero attached hydrogens (tertiary/aromatic N) is 1. The van der Waals surface area contributed by atoms with Crippen molar-refractivity contribution in [2.45, 2.75) is 51.2 Å². The van der Waals surface area contributed by atoms with Gasteiger partial charge in [0.25, 0.3) is 0 Å². The van der Waals surface area contributed by atoms with Gasteiger partial charge in [0.1, 0.15) is 0 Å². The summed E-state index contributed by atoms with van der Waals surface area (Å²) in [5.41, 5.74) is 0. The molecule has 0 aromatic carbocycles. The number of piperidine rings is 1. The van der Waals surface area contributed by atoms with Gasteiger partial charge in [-0.2, -0.15) is 0 Å². The highest BCUT2D eigenvalue weighted by Crippen LogP contribution is 2.34. The number of likely N-dealkylation sites (tertiary alicyclic amines) is 1. The first kappa shape index (κ1) is 13.8. The van der Waals surface area contributed by atoms with E-state index in [1.807, 2.05) is 0 Å². The molecule has 1 saturated carbocycles. The van der Waals surface area contributed by atoms with E-state index in [9.17, 15) is 9.90 Å². The average Bonchev–Trinajstić information content (AvgIpc) is 2.38. The molecular formula is C14H25NO3. The number of ether oxygens (including phenoxy) is 1. The first-order valence-corrected chi connectivity index (χ1v) is 7.11. The molecule has 4 nitrogen and oxygen atoms in total. The highest BCUT2D eigenvalue weighted by molar-refractivity contribution is 5.71. The summed E-state index contributed by atoms with van der Waals surface area (Å²) in [6.07, 6.45) is 5.41. The molecule has 0 bridgehead atoms.